The second kappa shape index (κ2) is 11.6. The minimum Gasteiger partial charge on any atom is -0.323 e. The van der Waals surface area contributed by atoms with Gasteiger partial charge in [0.2, 0.25) is 5.62 Å². The van der Waals surface area contributed by atoms with Crippen molar-refractivity contribution >= 4 is 49.3 Å². The topological polar surface area (TPSA) is 69.8 Å². The number of hydrogen-bond acceptors (Lipinski definition) is 2. The number of fused-ring (bicyclic) bond motifs is 7. The third-order valence-corrected chi connectivity index (χ3v) is 12.4. The molecule has 12 rings (SSSR count). The third-order valence-electron chi connectivity index (χ3n) is 12.4. The molecule has 0 unspecified atom stereocenters. The van der Waals surface area contributed by atoms with Crippen LogP contribution >= 0.6 is 0 Å². The first-order valence-electron chi connectivity index (χ1n) is 19.5. The zero-order valence-electron chi connectivity index (χ0n) is 31.4. The Kier molecular flexibility index (Phi) is 6.48. The maximum absolute atomic E-state index is 9.61. The summed E-state index contributed by atoms with van der Waals surface area (Å²) in [5.74, 6) is 0.131. The van der Waals surface area contributed by atoms with E-state index in [2.05, 4.69) is 157 Å². The Bertz CT molecular complexity index is 3470. The van der Waals surface area contributed by atoms with E-state index in [0.29, 0.717) is 5.62 Å². The predicted octanol–water partition coefficient (Wildman–Crippen LogP) is 12.4. The smallest absolute Gasteiger partial charge is 0.229 e. The number of aromatic amines is 1. The molecular weight excluding hydrogens is 695 g/mol. The van der Waals surface area contributed by atoms with E-state index in [0.717, 1.165) is 44.4 Å². The Hall–Kier alpha value is -7.37. The molecule has 0 aliphatic heterocycles. The molecule has 0 radical (unpaired) electrons. The first-order chi connectivity index (χ1) is 28.0. The largest absolute Gasteiger partial charge is 0.323 e. The fraction of sp³-hybridized carbons (Fsp3) is 0.0577. The van der Waals surface area contributed by atoms with Gasteiger partial charge < -0.3 is 9.55 Å². The van der Waals surface area contributed by atoms with E-state index < -0.39 is 0 Å². The van der Waals surface area contributed by atoms with Crippen LogP contribution in [-0.4, -0.2) is 20.4 Å². The van der Waals surface area contributed by atoms with E-state index in [1.807, 2.05) is 30.3 Å². The summed E-state index contributed by atoms with van der Waals surface area (Å²) in [6.45, 7) is 4.60. The van der Waals surface area contributed by atoms with Crippen LogP contribution in [0.25, 0.3) is 93.8 Å². The lowest BCUT2D eigenvalue weighted by molar-refractivity contribution is 0.660. The number of hydrogen-bond donors (Lipinski definition) is 2. The molecule has 8 aromatic carbocycles. The average molecular weight is 730 g/mol. The molecule has 0 bridgehead atoms. The molecule has 0 spiro atoms. The van der Waals surface area contributed by atoms with Crippen LogP contribution in [0.1, 0.15) is 30.5 Å². The number of nitrogens with zero attached hydrogens (tertiary/aromatic N) is 3. The average Bonchev–Trinajstić information content (AvgIpc) is 3.66. The number of para-hydroxylation sites is 2. The second-order valence-corrected chi connectivity index (χ2v) is 15.8. The predicted molar refractivity (Wildman–Crippen MR) is 234 cm³/mol. The molecular formula is C52H35N5. The summed E-state index contributed by atoms with van der Waals surface area (Å²) < 4.78 is 2.32. The number of nitrogens with one attached hydrogen (secondary N) is 2. The van der Waals surface area contributed by atoms with Gasteiger partial charge in [0, 0.05) is 32.7 Å². The van der Waals surface area contributed by atoms with Gasteiger partial charge in [0.25, 0.3) is 0 Å². The zero-order valence-corrected chi connectivity index (χ0v) is 31.4. The van der Waals surface area contributed by atoms with Crippen LogP contribution in [0.2, 0.25) is 0 Å². The second-order valence-electron chi connectivity index (χ2n) is 15.8. The van der Waals surface area contributed by atoms with Crippen molar-refractivity contribution in [3.8, 4) is 50.3 Å². The first-order valence-corrected chi connectivity index (χ1v) is 19.5. The Morgan fingerprint density at radius 1 is 0.579 bits per heavy atom. The van der Waals surface area contributed by atoms with Crippen molar-refractivity contribution in [1.29, 1.82) is 5.41 Å². The Labute approximate surface area is 328 Å². The summed E-state index contributed by atoms with van der Waals surface area (Å²) in [4.78, 5) is 13.6. The highest BCUT2D eigenvalue weighted by Gasteiger charge is 2.35. The maximum Gasteiger partial charge on any atom is 0.229 e. The summed E-state index contributed by atoms with van der Waals surface area (Å²) in [5, 5.41) is 15.6. The fourth-order valence-corrected chi connectivity index (χ4v) is 9.86. The number of rotatable bonds is 3. The minimum atomic E-state index is -0.138. The van der Waals surface area contributed by atoms with Crippen LogP contribution in [0.15, 0.2) is 169 Å². The lowest BCUT2D eigenvalue weighted by Crippen LogP contribution is -2.18. The van der Waals surface area contributed by atoms with Gasteiger partial charge in [-0.3, -0.25) is 5.41 Å². The Morgan fingerprint density at radius 3 is 2.11 bits per heavy atom. The lowest BCUT2D eigenvalue weighted by atomic mass is 9.82. The molecule has 2 N–H and O–H groups in total. The molecule has 268 valence electrons. The van der Waals surface area contributed by atoms with Crippen LogP contribution in [0.5, 0.6) is 0 Å². The minimum absolute atomic E-state index is 0.131. The highest BCUT2D eigenvalue weighted by molar-refractivity contribution is 6.30. The molecule has 0 saturated carbocycles. The van der Waals surface area contributed by atoms with Gasteiger partial charge in [-0.25, -0.2) is 4.98 Å². The van der Waals surface area contributed by atoms with Gasteiger partial charge in [-0.05, 0) is 91.7 Å². The summed E-state index contributed by atoms with van der Waals surface area (Å²) in [5.41, 5.74) is 17.0. The normalized spacial score (nSPS) is 13.8. The molecule has 0 fully saturated rings. The Morgan fingerprint density at radius 2 is 1.25 bits per heavy atom. The van der Waals surface area contributed by atoms with Crippen LogP contribution in [0.3, 0.4) is 0 Å². The third kappa shape index (κ3) is 4.42. The van der Waals surface area contributed by atoms with Gasteiger partial charge in [-0.1, -0.05) is 141 Å². The summed E-state index contributed by atoms with van der Waals surface area (Å²) in [6, 6.07) is 58.3. The van der Waals surface area contributed by atoms with E-state index >= 15 is 0 Å². The van der Waals surface area contributed by atoms with Gasteiger partial charge in [0.15, 0.2) is 5.84 Å². The monoisotopic (exact) mass is 729 g/mol. The van der Waals surface area contributed by atoms with Crippen LogP contribution in [-0.2, 0) is 5.41 Å². The van der Waals surface area contributed by atoms with Gasteiger partial charge in [0.1, 0.15) is 0 Å². The van der Waals surface area contributed by atoms with E-state index in [-0.39, 0.29) is 11.3 Å². The van der Waals surface area contributed by atoms with E-state index in [1.54, 1.807) is 0 Å². The van der Waals surface area contributed by atoms with E-state index in [4.69, 9.17) is 9.98 Å². The maximum atomic E-state index is 9.61. The van der Waals surface area contributed by atoms with Crippen molar-refractivity contribution in [3.05, 3.63) is 186 Å². The molecule has 57 heavy (non-hydrogen) atoms. The van der Waals surface area contributed by atoms with E-state index in [1.165, 1.54) is 66.1 Å². The highest BCUT2D eigenvalue weighted by Crippen LogP contribution is 2.51. The number of H-pyrrole nitrogens is 1. The number of benzene rings is 8. The SMILES string of the molecule is CC1(C)c2ccccc2-c2ccc(-c3nc(=NC(=N)c4ccccc4-n4c5cccc6c5c5c7c(cccc7ccc54)-c4ccccc4-6)[nH]c4ccccc34)cc21. The molecule has 0 saturated heterocycles. The van der Waals surface area contributed by atoms with Gasteiger partial charge in [-0.15, -0.1) is 0 Å². The summed E-state index contributed by atoms with van der Waals surface area (Å²) in [7, 11) is 0. The van der Waals surface area contributed by atoms with Crippen molar-refractivity contribution in [1.82, 2.24) is 14.5 Å². The molecule has 2 aromatic heterocycles. The van der Waals surface area contributed by atoms with Crippen LogP contribution < -0.4 is 5.62 Å². The van der Waals surface area contributed by atoms with Gasteiger partial charge >= 0.3 is 0 Å². The van der Waals surface area contributed by atoms with Crippen molar-refractivity contribution in [2.45, 2.75) is 19.3 Å². The number of amidine groups is 1. The molecule has 2 aliphatic rings. The summed E-state index contributed by atoms with van der Waals surface area (Å²) in [6.07, 6.45) is 0. The fourth-order valence-electron chi connectivity index (χ4n) is 9.86. The van der Waals surface area contributed by atoms with Crippen LogP contribution in [0, 0.1) is 5.41 Å². The van der Waals surface area contributed by atoms with Crippen LogP contribution in [0.4, 0.5) is 0 Å². The molecule has 2 aliphatic carbocycles. The molecule has 10 aromatic rings. The van der Waals surface area contributed by atoms with Gasteiger partial charge in [0.05, 0.1) is 27.9 Å². The molecule has 0 atom stereocenters. The Balaban J connectivity index is 1.05. The lowest BCUT2D eigenvalue weighted by Gasteiger charge is -2.22. The molecule has 2 heterocycles. The summed E-state index contributed by atoms with van der Waals surface area (Å²) >= 11 is 0. The van der Waals surface area contributed by atoms with Crippen molar-refractivity contribution in [2.24, 2.45) is 4.99 Å². The number of aromatic nitrogens is 3. The first kappa shape index (κ1) is 31.9. The van der Waals surface area contributed by atoms with Crippen molar-refractivity contribution in [3.63, 3.8) is 0 Å². The standard InChI is InChI=1S/C52H35N5/c1-52(2)40-21-8-5-16-34(40)35-27-25-31(29-41(35)52)49-38-17-6-9-22-42(38)54-51(55-49)56-50(53)39-18-7-10-23-43(39)57-44-24-12-20-37-33-15-4-3-14-32(33)36-19-11-13-30-26-28-45(57)48(46(30)36)47(37)44/h3-29H,1-2H3,(H2,53,54,55,56). The quantitative estimate of drug-likeness (QED) is 0.138. The van der Waals surface area contributed by atoms with E-state index in [9.17, 15) is 5.41 Å². The zero-order chi connectivity index (χ0) is 38.0. The van der Waals surface area contributed by atoms with Crippen molar-refractivity contribution < 1.29 is 0 Å². The highest BCUT2D eigenvalue weighted by atomic mass is 15.0. The van der Waals surface area contributed by atoms with Gasteiger partial charge in [-0.2, -0.15) is 4.99 Å². The molecule has 0 amide bonds. The molecule has 5 nitrogen and oxygen atoms in total. The molecule has 5 heteroatoms. The van der Waals surface area contributed by atoms with Crippen molar-refractivity contribution in [2.75, 3.05) is 0 Å².